The zero-order chi connectivity index (χ0) is 20.1. The molecule has 29 heavy (non-hydrogen) atoms. The molecule has 0 bridgehead atoms. The second-order valence-electron chi connectivity index (χ2n) is 6.46. The molecule has 0 radical (unpaired) electrons. The molecule has 6 nitrogen and oxygen atoms in total. The number of carbonyl (C=O) groups is 2. The molecule has 7 heteroatoms. The first-order valence-corrected chi connectivity index (χ1v) is 9.97. The minimum absolute atomic E-state index is 0.127. The third-order valence-corrected chi connectivity index (χ3v) is 5.07. The number of pyridine rings is 1. The zero-order valence-electron chi connectivity index (χ0n) is 15.5. The van der Waals surface area contributed by atoms with E-state index >= 15 is 0 Å². The average Bonchev–Trinajstić information content (AvgIpc) is 3.15. The van der Waals surface area contributed by atoms with E-state index in [1.165, 1.54) is 11.3 Å². The standard InChI is InChI=1S/C22H18N4O2S/c27-20(12-15-6-2-1-3-7-15)26-22-24-16(14-29-22)13-21(28)25-19-10-4-9-18-17(19)8-5-11-23-18/h1-11,14H,12-13H2,(H,25,28)(H,24,26,27). The number of anilines is 2. The van der Waals surface area contributed by atoms with Crippen molar-refractivity contribution in [2.24, 2.45) is 0 Å². The predicted molar refractivity (Wildman–Crippen MR) is 115 cm³/mol. The molecule has 2 heterocycles. The van der Waals surface area contributed by atoms with Gasteiger partial charge in [0.05, 0.1) is 29.7 Å². The third kappa shape index (κ3) is 4.83. The van der Waals surface area contributed by atoms with Gasteiger partial charge in [0.1, 0.15) is 0 Å². The third-order valence-electron chi connectivity index (χ3n) is 4.27. The first-order chi connectivity index (χ1) is 14.2. The van der Waals surface area contributed by atoms with Crippen molar-refractivity contribution in [3.8, 4) is 0 Å². The van der Waals surface area contributed by atoms with Crippen LogP contribution in [0.15, 0.2) is 72.2 Å². The maximum Gasteiger partial charge on any atom is 0.230 e. The molecule has 0 spiro atoms. The number of benzene rings is 2. The van der Waals surface area contributed by atoms with Crippen LogP contribution in [0.2, 0.25) is 0 Å². The van der Waals surface area contributed by atoms with Crippen molar-refractivity contribution in [2.75, 3.05) is 10.6 Å². The summed E-state index contributed by atoms with van der Waals surface area (Å²) in [6.07, 6.45) is 2.13. The number of fused-ring (bicyclic) bond motifs is 1. The lowest BCUT2D eigenvalue weighted by molar-refractivity contribution is -0.116. The van der Waals surface area contributed by atoms with Gasteiger partial charge in [0.2, 0.25) is 11.8 Å². The van der Waals surface area contributed by atoms with Gasteiger partial charge in [-0.1, -0.05) is 36.4 Å². The summed E-state index contributed by atoms with van der Waals surface area (Å²) < 4.78 is 0. The van der Waals surface area contributed by atoms with E-state index in [0.29, 0.717) is 16.5 Å². The molecule has 0 saturated heterocycles. The first kappa shape index (κ1) is 18.8. The fourth-order valence-electron chi connectivity index (χ4n) is 2.96. The van der Waals surface area contributed by atoms with Crippen LogP contribution in [0.5, 0.6) is 0 Å². The Morgan fingerprint density at radius 3 is 2.55 bits per heavy atom. The quantitative estimate of drug-likeness (QED) is 0.510. The average molecular weight is 402 g/mol. The van der Waals surface area contributed by atoms with Crippen molar-refractivity contribution >= 4 is 44.9 Å². The molecule has 0 aliphatic carbocycles. The fraction of sp³-hybridized carbons (Fsp3) is 0.0909. The highest BCUT2D eigenvalue weighted by atomic mass is 32.1. The van der Waals surface area contributed by atoms with Crippen LogP contribution in [0.3, 0.4) is 0 Å². The van der Waals surface area contributed by atoms with Gasteiger partial charge >= 0.3 is 0 Å². The lowest BCUT2D eigenvalue weighted by Gasteiger charge is -2.07. The summed E-state index contributed by atoms with van der Waals surface area (Å²) in [4.78, 5) is 33.2. The number of thiazole rings is 1. The highest BCUT2D eigenvalue weighted by Crippen LogP contribution is 2.22. The highest BCUT2D eigenvalue weighted by Gasteiger charge is 2.12. The Morgan fingerprint density at radius 1 is 0.862 bits per heavy atom. The van der Waals surface area contributed by atoms with Crippen LogP contribution < -0.4 is 10.6 Å². The van der Waals surface area contributed by atoms with Crippen molar-refractivity contribution in [1.29, 1.82) is 0 Å². The number of nitrogens with one attached hydrogen (secondary N) is 2. The first-order valence-electron chi connectivity index (χ1n) is 9.09. The topological polar surface area (TPSA) is 84.0 Å². The van der Waals surface area contributed by atoms with Gasteiger partial charge < -0.3 is 10.6 Å². The van der Waals surface area contributed by atoms with Gasteiger partial charge in [0.15, 0.2) is 5.13 Å². The number of hydrogen-bond donors (Lipinski definition) is 2. The van der Waals surface area contributed by atoms with Crippen LogP contribution in [-0.4, -0.2) is 21.8 Å². The minimum atomic E-state index is -0.172. The van der Waals surface area contributed by atoms with Crippen LogP contribution in [0.25, 0.3) is 10.9 Å². The summed E-state index contributed by atoms with van der Waals surface area (Å²) in [5.41, 5.74) is 3.08. The second kappa shape index (κ2) is 8.62. The van der Waals surface area contributed by atoms with Crippen LogP contribution >= 0.6 is 11.3 Å². The number of aromatic nitrogens is 2. The molecule has 0 unspecified atom stereocenters. The summed E-state index contributed by atoms with van der Waals surface area (Å²) in [7, 11) is 0. The molecule has 4 aromatic rings. The number of carbonyl (C=O) groups excluding carboxylic acids is 2. The van der Waals surface area contributed by atoms with Gasteiger partial charge in [-0.25, -0.2) is 4.98 Å². The van der Waals surface area contributed by atoms with Crippen LogP contribution in [-0.2, 0) is 22.4 Å². The van der Waals surface area contributed by atoms with E-state index < -0.39 is 0 Å². The summed E-state index contributed by atoms with van der Waals surface area (Å²) in [5.74, 6) is -0.307. The van der Waals surface area contributed by atoms with Gasteiger partial charge in [-0.2, -0.15) is 0 Å². The zero-order valence-corrected chi connectivity index (χ0v) is 16.3. The van der Waals surface area contributed by atoms with Gasteiger partial charge in [-0.05, 0) is 29.8 Å². The molecule has 0 atom stereocenters. The van der Waals surface area contributed by atoms with E-state index in [-0.39, 0.29) is 24.7 Å². The second-order valence-corrected chi connectivity index (χ2v) is 7.31. The summed E-state index contributed by atoms with van der Waals surface area (Å²) in [6.45, 7) is 0. The lowest BCUT2D eigenvalue weighted by atomic mass is 10.1. The minimum Gasteiger partial charge on any atom is -0.325 e. The Labute approximate surface area is 171 Å². The van der Waals surface area contributed by atoms with Crippen LogP contribution in [0.4, 0.5) is 10.8 Å². The molecule has 144 valence electrons. The van der Waals surface area contributed by atoms with Crippen LogP contribution in [0.1, 0.15) is 11.3 Å². The van der Waals surface area contributed by atoms with E-state index in [4.69, 9.17) is 0 Å². The Bertz CT molecular complexity index is 1150. The van der Waals surface area contributed by atoms with E-state index in [9.17, 15) is 9.59 Å². The summed E-state index contributed by atoms with van der Waals surface area (Å²) >= 11 is 1.31. The van der Waals surface area contributed by atoms with Crippen molar-refractivity contribution < 1.29 is 9.59 Å². The van der Waals surface area contributed by atoms with Gasteiger partial charge in [0.25, 0.3) is 0 Å². The lowest BCUT2D eigenvalue weighted by Crippen LogP contribution is -2.16. The van der Waals surface area contributed by atoms with Crippen LogP contribution in [0, 0.1) is 0 Å². The van der Waals surface area contributed by atoms with Gasteiger partial charge in [-0.3, -0.25) is 14.6 Å². The molecular formula is C22H18N4O2S. The largest absolute Gasteiger partial charge is 0.325 e. The van der Waals surface area contributed by atoms with E-state index in [0.717, 1.165) is 16.5 Å². The maximum atomic E-state index is 12.4. The van der Waals surface area contributed by atoms with Crippen molar-refractivity contribution in [3.05, 3.63) is 83.5 Å². The van der Waals surface area contributed by atoms with Gasteiger partial charge in [0, 0.05) is 17.0 Å². The number of hydrogen-bond acceptors (Lipinski definition) is 5. The monoisotopic (exact) mass is 402 g/mol. The van der Waals surface area contributed by atoms with Crippen molar-refractivity contribution in [2.45, 2.75) is 12.8 Å². The number of rotatable bonds is 6. The molecular weight excluding hydrogens is 384 g/mol. The SMILES string of the molecule is O=C(Cc1ccccc1)Nc1nc(CC(=O)Nc2cccc3ncccc23)cs1. The molecule has 2 amide bonds. The summed E-state index contributed by atoms with van der Waals surface area (Å²) in [6, 6.07) is 18.9. The normalized spacial score (nSPS) is 10.6. The number of amides is 2. The predicted octanol–water partition coefficient (Wildman–Crippen LogP) is 4.05. The van der Waals surface area contributed by atoms with Crippen molar-refractivity contribution in [1.82, 2.24) is 9.97 Å². The van der Waals surface area contributed by atoms with E-state index in [2.05, 4.69) is 20.6 Å². The van der Waals surface area contributed by atoms with Crippen molar-refractivity contribution in [3.63, 3.8) is 0 Å². The Morgan fingerprint density at radius 2 is 1.69 bits per heavy atom. The Kier molecular flexibility index (Phi) is 5.58. The van der Waals surface area contributed by atoms with Gasteiger partial charge in [-0.15, -0.1) is 11.3 Å². The summed E-state index contributed by atoms with van der Waals surface area (Å²) in [5, 5.41) is 8.85. The molecule has 2 aromatic carbocycles. The fourth-order valence-corrected chi connectivity index (χ4v) is 3.69. The molecule has 0 aliphatic heterocycles. The Balaban J connectivity index is 1.36. The Hall–Kier alpha value is -3.58. The molecule has 2 aromatic heterocycles. The molecule has 0 saturated carbocycles. The number of nitrogens with zero attached hydrogens (tertiary/aromatic N) is 2. The molecule has 4 rings (SSSR count). The maximum absolute atomic E-state index is 12.4. The molecule has 0 fully saturated rings. The smallest absolute Gasteiger partial charge is 0.230 e. The highest BCUT2D eigenvalue weighted by molar-refractivity contribution is 7.13. The van der Waals surface area contributed by atoms with E-state index in [1.807, 2.05) is 60.7 Å². The molecule has 0 aliphatic rings. The van der Waals surface area contributed by atoms with E-state index in [1.54, 1.807) is 11.6 Å². The molecule has 2 N–H and O–H groups in total.